The van der Waals surface area contributed by atoms with Crippen LogP contribution in [0.15, 0.2) is 29.2 Å². The van der Waals surface area contributed by atoms with Crippen LogP contribution in [0.4, 0.5) is 0 Å². The van der Waals surface area contributed by atoms with Gasteiger partial charge in [0.05, 0.1) is 12.0 Å². The molecule has 18 heavy (non-hydrogen) atoms. The van der Waals surface area contributed by atoms with Crippen LogP contribution in [-0.4, -0.2) is 28.8 Å². The van der Waals surface area contributed by atoms with Crippen molar-refractivity contribution in [2.75, 3.05) is 13.7 Å². The van der Waals surface area contributed by atoms with E-state index in [4.69, 9.17) is 17.0 Å². The Labute approximate surface area is 116 Å². The zero-order valence-corrected chi connectivity index (χ0v) is 11.8. The molecule has 1 aromatic carbocycles. The number of benzene rings is 1. The second-order valence-electron chi connectivity index (χ2n) is 3.70. The Morgan fingerprint density at radius 3 is 2.89 bits per heavy atom. The number of thiocarbonyl (C=S) groups is 1. The fourth-order valence-electron chi connectivity index (χ4n) is 1.66. The number of amides is 1. The molecule has 1 amide bonds. The molecule has 94 valence electrons. The van der Waals surface area contributed by atoms with E-state index in [1.165, 1.54) is 11.8 Å². The highest BCUT2D eigenvalue weighted by atomic mass is 32.2. The van der Waals surface area contributed by atoms with Gasteiger partial charge >= 0.3 is 0 Å². The van der Waals surface area contributed by atoms with Gasteiger partial charge in [-0.25, -0.2) is 0 Å². The first-order chi connectivity index (χ1) is 8.65. The van der Waals surface area contributed by atoms with Crippen molar-refractivity contribution in [2.45, 2.75) is 6.92 Å². The monoisotopic (exact) mass is 279 g/mol. The van der Waals surface area contributed by atoms with Crippen LogP contribution in [0.25, 0.3) is 6.08 Å². The molecule has 1 fully saturated rings. The Balaban J connectivity index is 2.28. The quantitative estimate of drug-likeness (QED) is 0.628. The number of hydrogen-bond acceptors (Lipinski definition) is 4. The summed E-state index contributed by atoms with van der Waals surface area (Å²) < 4.78 is 5.77. The van der Waals surface area contributed by atoms with Gasteiger partial charge in [-0.2, -0.15) is 0 Å². The average molecular weight is 279 g/mol. The smallest absolute Gasteiger partial charge is 0.266 e. The minimum absolute atomic E-state index is 0.0182. The fourth-order valence-corrected chi connectivity index (χ4v) is 3.04. The van der Waals surface area contributed by atoms with Gasteiger partial charge in [0.2, 0.25) is 0 Å². The second kappa shape index (κ2) is 5.54. The minimum atomic E-state index is -0.0182. The third kappa shape index (κ3) is 2.57. The number of hydrogen-bond donors (Lipinski definition) is 0. The van der Waals surface area contributed by atoms with Crippen molar-refractivity contribution in [3.05, 3.63) is 34.7 Å². The molecule has 2 rings (SSSR count). The molecule has 0 unspecified atom stereocenters. The molecule has 1 heterocycles. The molecule has 0 atom stereocenters. The Kier molecular flexibility index (Phi) is 4.04. The molecule has 0 aliphatic carbocycles. The maximum absolute atomic E-state index is 12.0. The fraction of sp³-hybridized carbons (Fsp3) is 0.231. The first-order valence-electron chi connectivity index (χ1n) is 5.55. The average Bonchev–Trinajstić information content (AvgIpc) is 2.64. The lowest BCUT2D eigenvalue weighted by atomic mass is 10.2. The van der Waals surface area contributed by atoms with Crippen molar-refractivity contribution in [1.82, 2.24) is 4.90 Å². The van der Waals surface area contributed by atoms with Crippen molar-refractivity contribution >= 4 is 40.3 Å². The van der Waals surface area contributed by atoms with E-state index in [1.54, 1.807) is 12.0 Å². The molecule has 0 aromatic heterocycles. The molecule has 5 heteroatoms. The van der Waals surface area contributed by atoms with Crippen LogP contribution >= 0.6 is 24.0 Å². The molecule has 0 N–H and O–H groups in total. The number of rotatable bonds is 3. The third-order valence-electron chi connectivity index (χ3n) is 2.58. The van der Waals surface area contributed by atoms with Gasteiger partial charge in [-0.15, -0.1) is 0 Å². The van der Waals surface area contributed by atoms with Gasteiger partial charge < -0.3 is 4.74 Å². The number of carbonyl (C=O) groups is 1. The minimum Gasteiger partial charge on any atom is -0.497 e. The molecule has 1 aliphatic rings. The highest BCUT2D eigenvalue weighted by Gasteiger charge is 2.30. The Hall–Kier alpha value is -1.33. The second-order valence-corrected chi connectivity index (χ2v) is 5.38. The maximum Gasteiger partial charge on any atom is 0.266 e. The highest BCUT2D eigenvalue weighted by Crippen LogP contribution is 2.32. The summed E-state index contributed by atoms with van der Waals surface area (Å²) in [5.74, 6) is 0.755. The lowest BCUT2D eigenvalue weighted by molar-refractivity contribution is -0.121. The summed E-state index contributed by atoms with van der Waals surface area (Å²) >= 11 is 6.50. The Morgan fingerprint density at radius 1 is 1.50 bits per heavy atom. The first kappa shape index (κ1) is 13.1. The molecule has 0 radical (unpaired) electrons. The van der Waals surface area contributed by atoms with Crippen molar-refractivity contribution in [3.63, 3.8) is 0 Å². The van der Waals surface area contributed by atoms with E-state index >= 15 is 0 Å². The topological polar surface area (TPSA) is 29.5 Å². The van der Waals surface area contributed by atoms with E-state index in [0.717, 1.165) is 11.3 Å². The van der Waals surface area contributed by atoms with E-state index in [9.17, 15) is 4.79 Å². The van der Waals surface area contributed by atoms with Gasteiger partial charge in [0.15, 0.2) is 0 Å². The number of carbonyl (C=O) groups excluding carboxylic acids is 1. The lowest BCUT2D eigenvalue weighted by Crippen LogP contribution is -2.27. The summed E-state index contributed by atoms with van der Waals surface area (Å²) in [5.41, 5.74) is 0.936. The summed E-state index contributed by atoms with van der Waals surface area (Å²) in [7, 11) is 1.62. The van der Waals surface area contributed by atoms with Crippen LogP contribution in [0, 0.1) is 0 Å². The number of likely N-dealkylation sites (N-methyl/N-ethyl adjacent to an activating group) is 1. The molecule has 0 spiro atoms. The maximum atomic E-state index is 12.0. The van der Waals surface area contributed by atoms with Crippen LogP contribution in [0.1, 0.15) is 12.5 Å². The summed E-state index contributed by atoms with van der Waals surface area (Å²) in [6, 6.07) is 7.58. The van der Waals surface area contributed by atoms with Gasteiger partial charge in [0.1, 0.15) is 10.1 Å². The molecule has 1 aliphatic heterocycles. The van der Waals surface area contributed by atoms with E-state index in [0.29, 0.717) is 15.8 Å². The van der Waals surface area contributed by atoms with Gasteiger partial charge in [-0.3, -0.25) is 9.69 Å². The van der Waals surface area contributed by atoms with Crippen LogP contribution in [0.3, 0.4) is 0 Å². The number of nitrogens with zero attached hydrogens (tertiary/aromatic N) is 1. The van der Waals surface area contributed by atoms with E-state index in [1.807, 2.05) is 37.3 Å². The normalized spacial score (nSPS) is 17.7. The van der Waals surface area contributed by atoms with E-state index < -0.39 is 0 Å². The van der Waals surface area contributed by atoms with Gasteiger partial charge in [-0.1, -0.05) is 36.1 Å². The van der Waals surface area contributed by atoms with Gasteiger partial charge in [0.25, 0.3) is 5.91 Å². The Morgan fingerprint density at radius 2 is 2.28 bits per heavy atom. The number of ether oxygens (including phenoxy) is 1. The predicted octanol–water partition coefficient (Wildman–Crippen LogP) is 2.92. The summed E-state index contributed by atoms with van der Waals surface area (Å²) in [5, 5.41) is 0. The van der Waals surface area contributed by atoms with Crippen molar-refractivity contribution in [2.24, 2.45) is 0 Å². The number of thioether (sulfide) groups is 1. The molecular weight excluding hydrogens is 266 g/mol. The van der Waals surface area contributed by atoms with Crippen molar-refractivity contribution in [3.8, 4) is 5.75 Å². The third-order valence-corrected chi connectivity index (χ3v) is 3.96. The SMILES string of the molecule is CCN1C(=O)/C(=C\c2cccc(OC)c2)SC1=S. The molecule has 3 nitrogen and oxygen atoms in total. The summed E-state index contributed by atoms with van der Waals surface area (Å²) in [6.45, 7) is 2.53. The lowest BCUT2D eigenvalue weighted by Gasteiger charge is -2.09. The summed E-state index contributed by atoms with van der Waals surface area (Å²) in [6.07, 6.45) is 1.84. The standard InChI is InChI=1S/C13H13NO2S2/c1-3-14-12(15)11(18-13(14)17)8-9-5-4-6-10(7-9)16-2/h4-8H,3H2,1-2H3/b11-8+. The zero-order valence-electron chi connectivity index (χ0n) is 10.2. The molecule has 0 bridgehead atoms. The molecule has 1 aromatic rings. The largest absolute Gasteiger partial charge is 0.497 e. The van der Waals surface area contributed by atoms with Crippen LogP contribution in [0.2, 0.25) is 0 Å². The highest BCUT2D eigenvalue weighted by molar-refractivity contribution is 8.26. The number of methoxy groups -OCH3 is 1. The van der Waals surface area contributed by atoms with Crippen molar-refractivity contribution < 1.29 is 9.53 Å². The molecule has 0 saturated carbocycles. The van der Waals surface area contributed by atoms with E-state index in [-0.39, 0.29) is 5.91 Å². The molecular formula is C13H13NO2S2. The van der Waals surface area contributed by atoms with Crippen LogP contribution in [0.5, 0.6) is 5.75 Å². The predicted molar refractivity (Wildman–Crippen MR) is 78.5 cm³/mol. The van der Waals surface area contributed by atoms with Crippen LogP contribution < -0.4 is 4.74 Å². The zero-order chi connectivity index (χ0) is 13.1. The molecule has 1 saturated heterocycles. The van der Waals surface area contributed by atoms with Crippen molar-refractivity contribution in [1.29, 1.82) is 0 Å². The summed E-state index contributed by atoms with van der Waals surface area (Å²) in [4.78, 5) is 14.3. The first-order valence-corrected chi connectivity index (χ1v) is 6.77. The van der Waals surface area contributed by atoms with Gasteiger partial charge in [0, 0.05) is 6.54 Å². The Bertz CT molecular complexity index is 525. The van der Waals surface area contributed by atoms with E-state index in [2.05, 4.69) is 0 Å². The van der Waals surface area contributed by atoms with Crippen LogP contribution in [-0.2, 0) is 4.79 Å². The van der Waals surface area contributed by atoms with Gasteiger partial charge in [-0.05, 0) is 30.7 Å².